The van der Waals surface area contributed by atoms with Crippen molar-refractivity contribution >= 4 is 29.0 Å². The van der Waals surface area contributed by atoms with Gasteiger partial charge in [-0.1, -0.05) is 36.5 Å². The highest BCUT2D eigenvalue weighted by Gasteiger charge is 2.10. The monoisotopic (exact) mass is 309 g/mol. The van der Waals surface area contributed by atoms with E-state index in [2.05, 4.69) is 22.2 Å². The Morgan fingerprint density at radius 2 is 1.90 bits per heavy atom. The molecular weight excluding hydrogens is 293 g/mol. The topological polar surface area (TPSA) is 37.8 Å². The molecule has 0 saturated carbocycles. The van der Waals surface area contributed by atoms with Crippen LogP contribution in [0.2, 0.25) is 10.0 Å². The van der Waals surface area contributed by atoms with Crippen molar-refractivity contribution < 1.29 is 0 Å². The van der Waals surface area contributed by atoms with E-state index in [4.69, 9.17) is 23.2 Å². The molecular formula is C15H17Cl2N3. The fourth-order valence-corrected chi connectivity index (χ4v) is 2.32. The van der Waals surface area contributed by atoms with Crippen molar-refractivity contribution in [2.24, 2.45) is 0 Å². The summed E-state index contributed by atoms with van der Waals surface area (Å²) in [4.78, 5) is 9.10. The predicted octanol–water partition coefficient (Wildman–Crippen LogP) is 4.83. The Balaban J connectivity index is 2.51. The smallest absolute Gasteiger partial charge is 0.163 e. The minimum absolute atomic E-state index is 0.602. The molecule has 0 aliphatic rings. The molecule has 1 heterocycles. The summed E-state index contributed by atoms with van der Waals surface area (Å²) >= 11 is 12.3. The van der Waals surface area contributed by atoms with E-state index in [0.717, 1.165) is 36.5 Å². The minimum Gasteiger partial charge on any atom is -0.370 e. The van der Waals surface area contributed by atoms with Crippen molar-refractivity contribution in [3.63, 3.8) is 0 Å². The third kappa shape index (κ3) is 3.62. The lowest BCUT2D eigenvalue weighted by Gasteiger charge is -2.10. The lowest BCUT2D eigenvalue weighted by molar-refractivity contribution is 0.875. The van der Waals surface area contributed by atoms with E-state index in [1.165, 1.54) is 0 Å². The van der Waals surface area contributed by atoms with Gasteiger partial charge >= 0.3 is 0 Å². The van der Waals surface area contributed by atoms with E-state index in [1.807, 2.05) is 13.0 Å². The van der Waals surface area contributed by atoms with Crippen LogP contribution >= 0.6 is 23.2 Å². The maximum absolute atomic E-state index is 6.23. The molecule has 0 unspecified atom stereocenters. The molecule has 0 atom stereocenters. The van der Waals surface area contributed by atoms with Crippen LogP contribution < -0.4 is 5.32 Å². The number of benzene rings is 1. The van der Waals surface area contributed by atoms with Crippen LogP contribution in [0.4, 0.5) is 5.82 Å². The molecule has 0 aliphatic heterocycles. The fraction of sp³-hybridized carbons (Fsp3) is 0.333. The highest BCUT2D eigenvalue weighted by molar-refractivity contribution is 6.35. The summed E-state index contributed by atoms with van der Waals surface area (Å²) in [5, 5.41) is 4.45. The molecule has 2 aromatic rings. The van der Waals surface area contributed by atoms with Gasteiger partial charge in [-0.3, -0.25) is 0 Å². The molecule has 0 saturated heterocycles. The van der Waals surface area contributed by atoms with Gasteiger partial charge in [0, 0.05) is 28.9 Å². The summed E-state index contributed by atoms with van der Waals surface area (Å²) in [5.74, 6) is 1.43. The molecule has 0 amide bonds. The molecule has 3 nitrogen and oxygen atoms in total. The van der Waals surface area contributed by atoms with E-state index in [1.54, 1.807) is 18.2 Å². The highest BCUT2D eigenvalue weighted by Crippen LogP contribution is 2.29. The molecule has 0 radical (unpaired) electrons. The van der Waals surface area contributed by atoms with Gasteiger partial charge < -0.3 is 5.32 Å². The zero-order chi connectivity index (χ0) is 14.5. The average molecular weight is 310 g/mol. The van der Waals surface area contributed by atoms with Gasteiger partial charge in [-0.2, -0.15) is 0 Å². The van der Waals surface area contributed by atoms with Crippen LogP contribution in [-0.4, -0.2) is 16.5 Å². The minimum atomic E-state index is 0.602. The van der Waals surface area contributed by atoms with Crippen LogP contribution in [0, 0.1) is 0 Å². The molecule has 0 fully saturated rings. The van der Waals surface area contributed by atoms with E-state index in [9.17, 15) is 0 Å². The van der Waals surface area contributed by atoms with Gasteiger partial charge in [0.05, 0.1) is 5.02 Å². The molecule has 106 valence electrons. The molecule has 0 spiro atoms. The zero-order valence-electron chi connectivity index (χ0n) is 11.6. The average Bonchev–Trinajstić information content (AvgIpc) is 2.42. The summed E-state index contributed by atoms with van der Waals surface area (Å²) in [5.41, 5.74) is 1.76. The Hall–Kier alpha value is -1.32. The number of hydrogen-bond donors (Lipinski definition) is 1. The molecule has 20 heavy (non-hydrogen) atoms. The lowest BCUT2D eigenvalue weighted by atomic mass is 10.2. The van der Waals surface area contributed by atoms with E-state index >= 15 is 0 Å². The van der Waals surface area contributed by atoms with Gasteiger partial charge in [-0.25, -0.2) is 9.97 Å². The number of nitrogens with one attached hydrogen (secondary N) is 1. The molecule has 5 heteroatoms. The molecule has 0 bridgehead atoms. The van der Waals surface area contributed by atoms with Crippen LogP contribution in [0.1, 0.15) is 26.0 Å². The van der Waals surface area contributed by atoms with Gasteiger partial charge in [0.1, 0.15) is 5.82 Å². The Labute approximate surface area is 129 Å². The third-order valence-electron chi connectivity index (χ3n) is 2.81. The summed E-state index contributed by atoms with van der Waals surface area (Å²) < 4.78 is 0. The van der Waals surface area contributed by atoms with Crippen molar-refractivity contribution in [1.82, 2.24) is 9.97 Å². The molecule has 0 aliphatic carbocycles. The first-order chi connectivity index (χ1) is 9.63. The number of anilines is 1. The van der Waals surface area contributed by atoms with Crippen LogP contribution in [0.15, 0.2) is 24.3 Å². The summed E-state index contributed by atoms with van der Waals surface area (Å²) in [6.45, 7) is 4.97. The lowest BCUT2D eigenvalue weighted by Crippen LogP contribution is -2.04. The number of rotatable bonds is 5. The Morgan fingerprint density at radius 1 is 1.10 bits per heavy atom. The third-order valence-corrected chi connectivity index (χ3v) is 3.38. The van der Waals surface area contributed by atoms with E-state index < -0.39 is 0 Å². The van der Waals surface area contributed by atoms with Crippen LogP contribution in [0.5, 0.6) is 0 Å². The summed E-state index contributed by atoms with van der Waals surface area (Å²) in [7, 11) is 0. The van der Waals surface area contributed by atoms with Crippen LogP contribution in [0.3, 0.4) is 0 Å². The first-order valence-electron chi connectivity index (χ1n) is 6.71. The number of nitrogens with zero attached hydrogens (tertiary/aromatic N) is 2. The van der Waals surface area contributed by atoms with Gasteiger partial charge in [-0.15, -0.1) is 0 Å². The Morgan fingerprint density at radius 3 is 2.60 bits per heavy atom. The summed E-state index contributed by atoms with van der Waals surface area (Å²) in [6, 6.07) is 7.30. The number of hydrogen-bond acceptors (Lipinski definition) is 3. The maximum atomic E-state index is 6.23. The second-order valence-electron chi connectivity index (χ2n) is 4.47. The van der Waals surface area contributed by atoms with E-state index in [0.29, 0.717) is 15.9 Å². The summed E-state index contributed by atoms with van der Waals surface area (Å²) in [6.07, 6.45) is 1.94. The predicted molar refractivity (Wildman–Crippen MR) is 85.6 cm³/mol. The van der Waals surface area contributed by atoms with Crippen molar-refractivity contribution in [3.05, 3.63) is 40.0 Å². The first-order valence-corrected chi connectivity index (χ1v) is 7.47. The van der Waals surface area contributed by atoms with Gasteiger partial charge in [0.25, 0.3) is 0 Å². The van der Waals surface area contributed by atoms with Crippen molar-refractivity contribution in [2.75, 3.05) is 11.9 Å². The van der Waals surface area contributed by atoms with Gasteiger partial charge in [-0.05, 0) is 31.5 Å². The highest BCUT2D eigenvalue weighted by atomic mass is 35.5. The van der Waals surface area contributed by atoms with Gasteiger partial charge in [0.2, 0.25) is 0 Å². The maximum Gasteiger partial charge on any atom is 0.163 e. The van der Waals surface area contributed by atoms with Crippen LogP contribution in [0.25, 0.3) is 11.4 Å². The molecule has 2 rings (SSSR count). The fourth-order valence-electron chi connectivity index (χ4n) is 1.94. The van der Waals surface area contributed by atoms with Crippen molar-refractivity contribution in [1.29, 1.82) is 0 Å². The Kier molecular flexibility index (Phi) is 5.21. The largest absolute Gasteiger partial charge is 0.370 e. The van der Waals surface area contributed by atoms with E-state index in [-0.39, 0.29) is 0 Å². The SMILES string of the molecule is CCCc1cc(NCC)nc(-c2cc(Cl)ccc2Cl)n1. The van der Waals surface area contributed by atoms with Crippen molar-refractivity contribution in [2.45, 2.75) is 26.7 Å². The molecule has 1 N–H and O–H groups in total. The molecule has 1 aromatic carbocycles. The van der Waals surface area contributed by atoms with Gasteiger partial charge in [0.15, 0.2) is 5.82 Å². The quantitative estimate of drug-likeness (QED) is 0.859. The van der Waals surface area contributed by atoms with Crippen LogP contribution in [-0.2, 0) is 6.42 Å². The standard InChI is InChI=1S/C15H17Cl2N3/c1-3-5-11-9-14(18-4-2)20-15(19-11)12-8-10(16)6-7-13(12)17/h6-9H,3-5H2,1-2H3,(H,18,19,20). The Bertz CT molecular complexity index is 575. The molecule has 1 aromatic heterocycles. The second-order valence-corrected chi connectivity index (χ2v) is 5.32. The number of halogens is 2. The number of aryl methyl sites for hydroxylation is 1. The zero-order valence-corrected chi connectivity index (χ0v) is 13.1. The number of aromatic nitrogens is 2. The first kappa shape index (κ1) is 15.1. The second kappa shape index (κ2) is 6.91. The van der Waals surface area contributed by atoms with Crippen molar-refractivity contribution in [3.8, 4) is 11.4 Å². The normalized spacial score (nSPS) is 10.6.